The maximum Gasteiger partial charge on any atom is 0.199 e. The number of nitrogens with two attached hydrogens (primary N) is 2. The van der Waals surface area contributed by atoms with Crippen LogP contribution in [0.4, 0.5) is 5.82 Å². The maximum absolute atomic E-state index is 5.58. The van der Waals surface area contributed by atoms with Gasteiger partial charge >= 0.3 is 0 Å². The highest BCUT2D eigenvalue weighted by molar-refractivity contribution is 5.99. The van der Waals surface area contributed by atoms with Crippen molar-refractivity contribution in [2.24, 2.45) is 15.9 Å². The molecule has 2 heterocycles. The van der Waals surface area contributed by atoms with E-state index in [2.05, 4.69) is 30.1 Å². The van der Waals surface area contributed by atoms with E-state index in [0.29, 0.717) is 5.69 Å². The van der Waals surface area contributed by atoms with Crippen molar-refractivity contribution in [2.75, 3.05) is 5.73 Å². The van der Waals surface area contributed by atoms with Crippen LogP contribution in [0.15, 0.2) is 39.2 Å². The number of nitrogens with zero attached hydrogens (tertiary/aromatic N) is 5. The number of hydrogen-bond acceptors (Lipinski definition) is 7. The summed E-state index contributed by atoms with van der Waals surface area (Å²) in [6.45, 7) is 0. The molecule has 0 saturated carbocycles. The van der Waals surface area contributed by atoms with Crippen LogP contribution in [-0.4, -0.2) is 27.3 Å². The number of hydrogen-bond donors (Lipinski definition) is 2. The van der Waals surface area contributed by atoms with E-state index in [0.717, 1.165) is 0 Å². The molecule has 2 rings (SSSR count). The molecule has 0 aromatic carbocycles. The summed E-state index contributed by atoms with van der Waals surface area (Å²) in [4.78, 5) is 4.03. The quantitative estimate of drug-likeness (QED) is 0.427. The van der Waals surface area contributed by atoms with Crippen molar-refractivity contribution in [3.05, 3.63) is 35.8 Å². The van der Waals surface area contributed by atoms with Gasteiger partial charge in [-0.15, -0.1) is 5.10 Å². The normalized spacial score (nSPS) is 12.1. The summed E-state index contributed by atoms with van der Waals surface area (Å²) in [6, 6.07) is 5.42. The largest absolute Gasteiger partial charge is 0.380 e. The molecule has 4 N–H and O–H groups in total. The molecule has 2 aromatic heterocycles. The van der Waals surface area contributed by atoms with Gasteiger partial charge in [0.2, 0.25) is 0 Å². The van der Waals surface area contributed by atoms with E-state index in [-0.39, 0.29) is 17.3 Å². The monoisotopic (exact) mass is 231 g/mol. The van der Waals surface area contributed by atoms with Crippen LogP contribution in [0.3, 0.4) is 0 Å². The highest BCUT2D eigenvalue weighted by atomic mass is 16.6. The Balaban J connectivity index is 2.11. The van der Waals surface area contributed by atoms with E-state index in [1.54, 1.807) is 18.3 Å². The van der Waals surface area contributed by atoms with Gasteiger partial charge in [-0.2, -0.15) is 5.10 Å². The number of nitrogen functional groups attached to an aromatic ring is 1. The Hall–Kier alpha value is -2.77. The zero-order chi connectivity index (χ0) is 12.1. The Labute approximate surface area is 96.0 Å². The van der Waals surface area contributed by atoms with E-state index >= 15 is 0 Å². The number of aromatic nitrogens is 3. The molecule has 2 aromatic rings. The van der Waals surface area contributed by atoms with Crippen LogP contribution in [-0.2, 0) is 0 Å². The molecule has 0 amide bonds. The third-order valence-electron chi connectivity index (χ3n) is 1.80. The Morgan fingerprint density at radius 1 is 1.35 bits per heavy atom. The fourth-order valence-corrected chi connectivity index (χ4v) is 1.02. The van der Waals surface area contributed by atoms with Crippen molar-refractivity contribution in [2.45, 2.75) is 0 Å². The molecule has 0 fully saturated rings. The van der Waals surface area contributed by atoms with Gasteiger partial charge in [-0.3, -0.25) is 4.98 Å². The third-order valence-corrected chi connectivity index (χ3v) is 1.80. The fourth-order valence-electron chi connectivity index (χ4n) is 1.02. The molecule has 8 heteroatoms. The van der Waals surface area contributed by atoms with E-state index in [1.165, 1.54) is 6.21 Å². The van der Waals surface area contributed by atoms with E-state index in [9.17, 15) is 0 Å². The SMILES string of the molecule is N/C(=N\N=C\c1ccccn1)c1nonc1N. The Morgan fingerprint density at radius 3 is 2.88 bits per heavy atom. The smallest absolute Gasteiger partial charge is 0.199 e. The average Bonchev–Trinajstić information content (AvgIpc) is 2.77. The van der Waals surface area contributed by atoms with E-state index in [4.69, 9.17) is 11.5 Å². The summed E-state index contributed by atoms with van der Waals surface area (Å²) in [5.41, 5.74) is 11.8. The molecule has 0 bridgehead atoms. The van der Waals surface area contributed by atoms with Crippen LogP contribution in [0.1, 0.15) is 11.4 Å². The molecule has 0 atom stereocenters. The van der Waals surface area contributed by atoms with Crippen molar-refractivity contribution < 1.29 is 4.63 Å². The molecular weight excluding hydrogens is 222 g/mol. The van der Waals surface area contributed by atoms with Crippen LogP contribution in [0.25, 0.3) is 0 Å². The highest BCUT2D eigenvalue weighted by Gasteiger charge is 2.09. The molecule has 0 radical (unpaired) electrons. The molecule has 17 heavy (non-hydrogen) atoms. The minimum Gasteiger partial charge on any atom is -0.380 e. The van der Waals surface area contributed by atoms with Gasteiger partial charge in [-0.05, 0) is 22.4 Å². The summed E-state index contributed by atoms with van der Waals surface area (Å²) in [5.74, 6) is 0.0928. The number of anilines is 1. The van der Waals surface area contributed by atoms with Crippen LogP contribution in [0.2, 0.25) is 0 Å². The molecular formula is C9H9N7O. The minimum absolute atomic E-state index is 0.0240. The van der Waals surface area contributed by atoms with Crippen LogP contribution in [0.5, 0.6) is 0 Å². The summed E-state index contributed by atoms with van der Waals surface area (Å²) >= 11 is 0. The topological polar surface area (TPSA) is 129 Å². The Bertz CT molecular complexity index is 545. The predicted molar refractivity (Wildman–Crippen MR) is 61.3 cm³/mol. The molecule has 0 aliphatic heterocycles. The fraction of sp³-hybridized carbons (Fsp3) is 0. The Kier molecular flexibility index (Phi) is 3.05. The van der Waals surface area contributed by atoms with Crippen LogP contribution in [0, 0.1) is 0 Å². The van der Waals surface area contributed by atoms with Gasteiger partial charge in [-0.1, -0.05) is 6.07 Å². The molecule has 8 nitrogen and oxygen atoms in total. The van der Waals surface area contributed by atoms with Crippen molar-refractivity contribution >= 4 is 17.9 Å². The van der Waals surface area contributed by atoms with E-state index in [1.807, 2.05) is 6.07 Å². The maximum atomic E-state index is 5.58. The molecule has 0 unspecified atom stereocenters. The second kappa shape index (κ2) is 4.84. The molecule has 86 valence electrons. The number of amidine groups is 1. The van der Waals surface area contributed by atoms with Gasteiger partial charge in [0.15, 0.2) is 17.3 Å². The predicted octanol–water partition coefficient (Wildman–Crippen LogP) is -0.214. The second-order valence-corrected chi connectivity index (χ2v) is 2.98. The van der Waals surface area contributed by atoms with Crippen LogP contribution < -0.4 is 11.5 Å². The zero-order valence-corrected chi connectivity index (χ0v) is 8.69. The lowest BCUT2D eigenvalue weighted by Crippen LogP contribution is -2.15. The van der Waals surface area contributed by atoms with Gasteiger partial charge in [0.05, 0.1) is 11.9 Å². The lowest BCUT2D eigenvalue weighted by Gasteiger charge is -1.91. The molecule has 0 aliphatic rings. The first kappa shape index (κ1) is 10.7. The van der Waals surface area contributed by atoms with Crippen molar-refractivity contribution in [1.29, 1.82) is 0 Å². The van der Waals surface area contributed by atoms with E-state index < -0.39 is 0 Å². The van der Waals surface area contributed by atoms with Crippen molar-refractivity contribution in [1.82, 2.24) is 15.3 Å². The van der Waals surface area contributed by atoms with Gasteiger partial charge in [0.25, 0.3) is 0 Å². The molecule has 0 aliphatic carbocycles. The summed E-state index contributed by atoms with van der Waals surface area (Å²) in [7, 11) is 0. The van der Waals surface area contributed by atoms with Gasteiger partial charge in [-0.25, -0.2) is 4.63 Å². The number of rotatable bonds is 3. The standard InChI is InChI=1S/C9H9N7O/c10-8(7-9(11)16-17-15-7)14-13-5-6-3-1-2-4-12-6/h1-5H,(H2,10,14)(H2,11,16)/b13-5+. The molecule has 0 saturated heterocycles. The average molecular weight is 231 g/mol. The summed E-state index contributed by atoms with van der Waals surface area (Å²) in [6.07, 6.45) is 3.10. The summed E-state index contributed by atoms with van der Waals surface area (Å²) < 4.78 is 4.38. The lowest BCUT2D eigenvalue weighted by atomic mass is 10.4. The minimum atomic E-state index is 0.0240. The first-order valence-electron chi connectivity index (χ1n) is 4.63. The van der Waals surface area contributed by atoms with Crippen molar-refractivity contribution in [3.8, 4) is 0 Å². The van der Waals surface area contributed by atoms with Crippen molar-refractivity contribution in [3.63, 3.8) is 0 Å². The summed E-state index contributed by atoms with van der Waals surface area (Å²) in [5, 5.41) is 14.3. The third kappa shape index (κ3) is 2.62. The van der Waals surface area contributed by atoms with Gasteiger partial charge in [0, 0.05) is 6.20 Å². The first-order chi connectivity index (χ1) is 8.27. The highest BCUT2D eigenvalue weighted by Crippen LogP contribution is 2.02. The Morgan fingerprint density at radius 2 is 2.24 bits per heavy atom. The second-order valence-electron chi connectivity index (χ2n) is 2.98. The zero-order valence-electron chi connectivity index (χ0n) is 8.69. The lowest BCUT2D eigenvalue weighted by molar-refractivity contribution is 0.308. The first-order valence-corrected chi connectivity index (χ1v) is 4.63. The van der Waals surface area contributed by atoms with Gasteiger partial charge in [0.1, 0.15) is 0 Å². The number of pyridine rings is 1. The van der Waals surface area contributed by atoms with Crippen LogP contribution >= 0.6 is 0 Å². The molecule has 0 spiro atoms. The van der Waals surface area contributed by atoms with Gasteiger partial charge < -0.3 is 11.5 Å².